The average molecular weight is 401 g/mol. The lowest BCUT2D eigenvalue weighted by atomic mass is 10.2. The van der Waals surface area contributed by atoms with Crippen molar-refractivity contribution >= 4 is 37.5 Å². The largest absolute Gasteiger partial charge is 0.456 e. The van der Waals surface area contributed by atoms with E-state index in [1.165, 1.54) is 12.1 Å². The van der Waals surface area contributed by atoms with E-state index in [9.17, 15) is 10.1 Å². The first-order valence-corrected chi connectivity index (χ1v) is 7.70. The molecule has 2 aromatic rings. The summed E-state index contributed by atoms with van der Waals surface area (Å²) in [4.78, 5) is 10.4. The van der Waals surface area contributed by atoms with E-state index in [0.717, 1.165) is 20.9 Å². The van der Waals surface area contributed by atoms with E-state index in [4.69, 9.17) is 4.74 Å². The monoisotopic (exact) mass is 399 g/mol. The third kappa shape index (κ3) is 3.37. The Morgan fingerprint density at radius 3 is 2.55 bits per heavy atom. The van der Waals surface area contributed by atoms with Crippen LogP contribution in [0.15, 0.2) is 40.9 Å². The Morgan fingerprint density at radius 2 is 1.95 bits per heavy atom. The molecule has 0 N–H and O–H groups in total. The van der Waals surface area contributed by atoms with Crippen molar-refractivity contribution in [3.8, 4) is 11.5 Å². The third-order valence-corrected chi connectivity index (χ3v) is 4.02. The number of non-ortho nitro benzene ring substituents is 1. The van der Waals surface area contributed by atoms with Gasteiger partial charge in [-0.25, -0.2) is 0 Å². The summed E-state index contributed by atoms with van der Waals surface area (Å²) in [6.07, 6.45) is 0. The number of hydrogen-bond acceptors (Lipinski definition) is 3. The van der Waals surface area contributed by atoms with Crippen LogP contribution in [0, 0.1) is 17.0 Å². The van der Waals surface area contributed by atoms with Gasteiger partial charge in [-0.2, -0.15) is 0 Å². The molecule has 0 saturated heterocycles. The van der Waals surface area contributed by atoms with Gasteiger partial charge in [-0.05, 0) is 52.2 Å². The van der Waals surface area contributed by atoms with Crippen LogP contribution in [0.3, 0.4) is 0 Å². The minimum Gasteiger partial charge on any atom is -0.456 e. The van der Waals surface area contributed by atoms with Crippen molar-refractivity contribution < 1.29 is 9.66 Å². The third-order valence-electron chi connectivity index (χ3n) is 2.75. The summed E-state index contributed by atoms with van der Waals surface area (Å²) in [5.41, 5.74) is 1.96. The van der Waals surface area contributed by atoms with Gasteiger partial charge in [0.05, 0.1) is 15.5 Å². The van der Waals surface area contributed by atoms with Crippen molar-refractivity contribution in [2.75, 3.05) is 0 Å². The van der Waals surface area contributed by atoms with Crippen molar-refractivity contribution in [1.82, 2.24) is 0 Å². The van der Waals surface area contributed by atoms with Crippen LogP contribution in [0.4, 0.5) is 5.69 Å². The van der Waals surface area contributed by atoms with Crippen LogP contribution in [-0.4, -0.2) is 4.92 Å². The van der Waals surface area contributed by atoms with Crippen molar-refractivity contribution in [3.63, 3.8) is 0 Å². The number of alkyl halides is 1. The van der Waals surface area contributed by atoms with Gasteiger partial charge < -0.3 is 4.74 Å². The maximum absolute atomic E-state index is 10.8. The Balaban J connectivity index is 2.34. The molecule has 4 nitrogen and oxygen atoms in total. The van der Waals surface area contributed by atoms with Gasteiger partial charge in [0.2, 0.25) is 0 Å². The highest BCUT2D eigenvalue weighted by molar-refractivity contribution is 9.10. The number of rotatable bonds is 4. The summed E-state index contributed by atoms with van der Waals surface area (Å²) in [6.45, 7) is 1.85. The first-order valence-electron chi connectivity index (χ1n) is 5.78. The number of ether oxygens (including phenoxy) is 1. The van der Waals surface area contributed by atoms with Crippen LogP contribution in [-0.2, 0) is 5.33 Å². The predicted octanol–water partition coefficient (Wildman–Crippen LogP) is 5.35. The lowest BCUT2D eigenvalue weighted by Crippen LogP contribution is -1.93. The minimum atomic E-state index is -0.435. The molecule has 6 heteroatoms. The zero-order chi connectivity index (χ0) is 14.7. The molecule has 0 heterocycles. The molecule has 0 saturated carbocycles. The van der Waals surface area contributed by atoms with Crippen LogP contribution in [0.5, 0.6) is 11.5 Å². The molecule has 0 unspecified atom stereocenters. The second-order valence-electron chi connectivity index (χ2n) is 4.21. The van der Waals surface area contributed by atoms with E-state index in [0.29, 0.717) is 11.5 Å². The van der Waals surface area contributed by atoms with Gasteiger partial charge >= 0.3 is 0 Å². The van der Waals surface area contributed by atoms with Gasteiger partial charge in [-0.15, -0.1) is 0 Å². The molecule has 0 aliphatic rings. The number of halogens is 2. The maximum atomic E-state index is 10.8. The quantitative estimate of drug-likeness (QED) is 0.394. The summed E-state index contributed by atoms with van der Waals surface area (Å²) in [6, 6.07) is 10.3. The first kappa shape index (κ1) is 15.0. The Bertz CT molecular complexity index is 659. The van der Waals surface area contributed by atoms with Crippen LogP contribution < -0.4 is 4.74 Å². The molecule has 0 atom stereocenters. The molecule has 0 spiro atoms. The smallest absolute Gasteiger partial charge is 0.273 e. The maximum Gasteiger partial charge on any atom is 0.273 e. The van der Waals surface area contributed by atoms with E-state index in [1.807, 2.05) is 25.1 Å². The Hall–Kier alpha value is -1.40. The predicted molar refractivity (Wildman–Crippen MR) is 84.7 cm³/mol. The average Bonchev–Trinajstić information content (AvgIpc) is 2.42. The molecule has 0 radical (unpaired) electrons. The van der Waals surface area contributed by atoms with Gasteiger partial charge in [0.15, 0.2) is 0 Å². The molecule has 20 heavy (non-hydrogen) atoms. The molecule has 0 aliphatic heterocycles. The second-order valence-corrected chi connectivity index (χ2v) is 5.62. The highest BCUT2D eigenvalue weighted by Crippen LogP contribution is 2.34. The number of hydrogen-bond donors (Lipinski definition) is 0. The summed E-state index contributed by atoms with van der Waals surface area (Å²) in [7, 11) is 0. The Kier molecular flexibility index (Phi) is 4.77. The topological polar surface area (TPSA) is 52.4 Å². The Morgan fingerprint density at radius 1 is 1.20 bits per heavy atom. The molecule has 0 aromatic heterocycles. The minimum absolute atomic E-state index is 0.0128. The highest BCUT2D eigenvalue weighted by atomic mass is 79.9. The number of benzene rings is 2. The van der Waals surface area contributed by atoms with Crippen molar-refractivity contribution in [1.29, 1.82) is 0 Å². The lowest BCUT2D eigenvalue weighted by Gasteiger charge is -2.10. The Labute approximate surface area is 133 Å². The van der Waals surface area contributed by atoms with Crippen LogP contribution in [0.2, 0.25) is 0 Å². The van der Waals surface area contributed by atoms with Gasteiger partial charge in [0.25, 0.3) is 5.69 Å². The molecule has 0 amide bonds. The van der Waals surface area contributed by atoms with Crippen molar-refractivity contribution in [3.05, 3.63) is 62.1 Å². The fourth-order valence-electron chi connectivity index (χ4n) is 1.64. The number of aryl methyl sites for hydroxylation is 1. The summed E-state index contributed by atoms with van der Waals surface area (Å²) in [5.74, 6) is 1.10. The number of nitro groups is 1. The number of nitrogens with zero attached hydrogens (tertiary/aromatic N) is 1. The molecular weight excluding hydrogens is 390 g/mol. The normalized spacial score (nSPS) is 10.3. The molecule has 0 bridgehead atoms. The molecule has 104 valence electrons. The van der Waals surface area contributed by atoms with E-state index < -0.39 is 4.92 Å². The summed E-state index contributed by atoms with van der Waals surface area (Å²) < 4.78 is 6.57. The van der Waals surface area contributed by atoms with Crippen LogP contribution >= 0.6 is 31.9 Å². The van der Waals surface area contributed by atoms with Crippen LogP contribution in [0.1, 0.15) is 11.1 Å². The SMILES string of the molecule is Cc1ccc([N+](=O)[O-])cc1Oc1ccc(CBr)cc1Br. The zero-order valence-corrected chi connectivity index (χ0v) is 13.8. The molecule has 2 rings (SSSR count). The van der Waals surface area contributed by atoms with Gasteiger partial charge in [0, 0.05) is 11.4 Å². The molecule has 0 aliphatic carbocycles. The van der Waals surface area contributed by atoms with E-state index in [1.54, 1.807) is 6.07 Å². The molecule has 2 aromatic carbocycles. The van der Waals surface area contributed by atoms with E-state index in [-0.39, 0.29) is 5.69 Å². The van der Waals surface area contributed by atoms with Gasteiger partial charge in [-0.1, -0.05) is 22.0 Å². The molecule has 0 fully saturated rings. The second kappa shape index (κ2) is 6.37. The lowest BCUT2D eigenvalue weighted by molar-refractivity contribution is -0.384. The van der Waals surface area contributed by atoms with E-state index in [2.05, 4.69) is 31.9 Å². The first-order chi connectivity index (χ1) is 9.51. The number of nitro benzene ring substituents is 1. The summed E-state index contributed by atoms with van der Waals surface area (Å²) >= 11 is 6.82. The van der Waals surface area contributed by atoms with Gasteiger partial charge in [0.1, 0.15) is 11.5 Å². The zero-order valence-electron chi connectivity index (χ0n) is 10.6. The fourth-order valence-corrected chi connectivity index (χ4v) is 2.50. The van der Waals surface area contributed by atoms with Gasteiger partial charge in [-0.3, -0.25) is 10.1 Å². The van der Waals surface area contributed by atoms with E-state index >= 15 is 0 Å². The van der Waals surface area contributed by atoms with Crippen molar-refractivity contribution in [2.45, 2.75) is 12.3 Å². The standard InChI is InChI=1S/C14H11Br2NO3/c1-9-2-4-11(17(18)19)7-14(9)20-13-5-3-10(8-15)6-12(13)16/h2-7H,8H2,1H3. The highest BCUT2D eigenvalue weighted by Gasteiger charge is 2.11. The summed E-state index contributed by atoms with van der Waals surface area (Å²) in [5, 5.41) is 11.6. The van der Waals surface area contributed by atoms with Crippen molar-refractivity contribution in [2.24, 2.45) is 0 Å². The fraction of sp³-hybridized carbons (Fsp3) is 0.143. The molecular formula is C14H11Br2NO3. The van der Waals surface area contributed by atoms with Crippen LogP contribution in [0.25, 0.3) is 0 Å².